The minimum Gasteiger partial charge on any atom is -0.309 e. The van der Waals surface area contributed by atoms with Crippen LogP contribution in [0.5, 0.6) is 0 Å². The van der Waals surface area contributed by atoms with E-state index in [2.05, 4.69) is 149 Å². The van der Waals surface area contributed by atoms with E-state index in [0.29, 0.717) is 57.2 Å². The van der Waals surface area contributed by atoms with Gasteiger partial charge in [0, 0.05) is 60.6 Å². The fourth-order valence-electron chi connectivity index (χ4n) is 13.6. The number of rotatable bonds is 12. The van der Waals surface area contributed by atoms with Crippen LogP contribution in [-0.2, 0) is 0 Å². The Morgan fingerprint density at radius 2 is 0.590 bits per heavy atom. The molecule has 4 aromatic heterocycles. The maximum atomic E-state index is 10.3. The molecule has 100 heavy (non-hydrogen) atoms. The zero-order valence-electron chi connectivity index (χ0n) is 53.2. The first kappa shape index (κ1) is 59.2. The molecule has 0 saturated heterocycles. The molecule has 0 aliphatic carbocycles. The molecule has 13 aromatic carbocycles. The highest BCUT2D eigenvalue weighted by molar-refractivity contribution is 6.12. The summed E-state index contributed by atoms with van der Waals surface area (Å²) >= 11 is 0. The molecule has 0 aliphatic rings. The Morgan fingerprint density at radius 3 is 1.07 bits per heavy atom. The third-order valence-corrected chi connectivity index (χ3v) is 18.3. The fraction of sp³-hybridized carbons (Fsp3) is 0. The molecule has 0 atom stereocenters. The van der Waals surface area contributed by atoms with Gasteiger partial charge < -0.3 is 9.13 Å². The van der Waals surface area contributed by atoms with Crippen LogP contribution in [0, 0.1) is 45.3 Å². The number of hydrogen-bond acceptors (Lipinski definition) is 10. The standard InChI is InChI=1S/C88H50N12/c89-51-55-32-37-71(68(42-55)53-91)64-35-40-80-75(49-64)73-28-13-15-30-78(73)99(80)70-46-66(45-67(47-70)87-95-83(57-18-5-1-6-19-57)93-84(96-87)58-20-7-2-8-21-58)62-27-17-26-61(44-62)63-34-39-82(77(48-63)88-97-85(59-22-9-3-10-23-59)94-86(98-88)60-24-11-4-12-25-60)100-79-31-16-14-29-74(79)76-50-65(36-41-81(76)100)72-38-33-56(52-90)43-69(72)54-92/h1-50H. The van der Waals surface area contributed by atoms with Gasteiger partial charge in [0.1, 0.15) is 0 Å². The predicted octanol–water partition coefficient (Wildman–Crippen LogP) is 20.4. The van der Waals surface area contributed by atoms with Crippen LogP contribution in [0.3, 0.4) is 0 Å². The minimum atomic E-state index is 0.421. The van der Waals surface area contributed by atoms with Gasteiger partial charge in [0.2, 0.25) is 0 Å². The van der Waals surface area contributed by atoms with E-state index >= 15 is 0 Å². The van der Waals surface area contributed by atoms with E-state index in [1.165, 1.54) is 0 Å². The molecule has 0 amide bonds. The van der Waals surface area contributed by atoms with Gasteiger partial charge in [-0.2, -0.15) is 21.0 Å². The molecule has 0 saturated carbocycles. The van der Waals surface area contributed by atoms with E-state index < -0.39 is 0 Å². The van der Waals surface area contributed by atoms with Crippen LogP contribution in [-0.4, -0.2) is 39.0 Å². The average Bonchev–Trinajstić information content (AvgIpc) is 1.57. The molecular weight excluding hydrogens is 1230 g/mol. The van der Waals surface area contributed by atoms with Gasteiger partial charge in [0.05, 0.1) is 74.3 Å². The minimum absolute atomic E-state index is 0.421. The molecule has 0 bridgehead atoms. The van der Waals surface area contributed by atoms with Crippen molar-refractivity contribution < 1.29 is 0 Å². The van der Waals surface area contributed by atoms with Gasteiger partial charge in [-0.3, -0.25) is 0 Å². The van der Waals surface area contributed by atoms with Crippen LogP contribution in [0.15, 0.2) is 303 Å². The molecule has 0 N–H and O–H groups in total. The zero-order valence-corrected chi connectivity index (χ0v) is 53.2. The van der Waals surface area contributed by atoms with Gasteiger partial charge in [-0.1, -0.05) is 206 Å². The Hall–Kier alpha value is -14.6. The van der Waals surface area contributed by atoms with E-state index in [4.69, 9.17) is 29.9 Å². The number of hydrogen-bond donors (Lipinski definition) is 0. The summed E-state index contributed by atoms with van der Waals surface area (Å²) in [4.78, 5) is 31.6. The molecule has 12 nitrogen and oxygen atoms in total. The second kappa shape index (κ2) is 25.0. The van der Waals surface area contributed by atoms with Gasteiger partial charge in [-0.15, -0.1) is 0 Å². The quantitative estimate of drug-likeness (QED) is 0.114. The molecular formula is C88H50N12. The second-order valence-corrected chi connectivity index (χ2v) is 24.3. The van der Waals surface area contributed by atoms with Crippen LogP contribution in [0.2, 0.25) is 0 Å². The lowest BCUT2D eigenvalue weighted by Gasteiger charge is -2.17. The number of fused-ring (bicyclic) bond motifs is 6. The first-order chi connectivity index (χ1) is 49.3. The van der Waals surface area contributed by atoms with Crippen molar-refractivity contribution >= 4 is 43.6 Å². The molecule has 4 heterocycles. The van der Waals surface area contributed by atoms with Crippen LogP contribution in [0.4, 0.5) is 0 Å². The van der Waals surface area contributed by atoms with Crippen molar-refractivity contribution in [1.82, 2.24) is 39.0 Å². The molecule has 0 spiro atoms. The largest absolute Gasteiger partial charge is 0.309 e. The highest BCUT2D eigenvalue weighted by Gasteiger charge is 2.24. The second-order valence-electron chi connectivity index (χ2n) is 24.3. The number of para-hydroxylation sites is 2. The van der Waals surface area contributed by atoms with Gasteiger partial charge >= 0.3 is 0 Å². The highest BCUT2D eigenvalue weighted by atomic mass is 15.1. The third kappa shape index (κ3) is 10.7. The summed E-state index contributed by atoms with van der Waals surface area (Å²) in [5, 5.41) is 44.2. The Labute approximate surface area is 574 Å². The first-order valence-corrected chi connectivity index (χ1v) is 32.5. The summed E-state index contributed by atoms with van der Waals surface area (Å²) in [6, 6.07) is 110. The van der Waals surface area contributed by atoms with Crippen LogP contribution in [0.25, 0.3) is 168 Å². The van der Waals surface area contributed by atoms with E-state index in [1.807, 2.05) is 164 Å². The van der Waals surface area contributed by atoms with Crippen LogP contribution < -0.4 is 0 Å². The summed E-state index contributed by atoms with van der Waals surface area (Å²) in [5.74, 6) is 3.08. The molecule has 0 aliphatic heterocycles. The number of nitrogens with zero attached hydrogens (tertiary/aromatic N) is 12. The Morgan fingerprint density at radius 1 is 0.220 bits per heavy atom. The first-order valence-electron chi connectivity index (χ1n) is 32.5. The Bertz CT molecular complexity index is 6210. The predicted molar refractivity (Wildman–Crippen MR) is 395 cm³/mol. The van der Waals surface area contributed by atoms with Crippen molar-refractivity contribution in [1.29, 1.82) is 21.0 Å². The fourth-order valence-corrected chi connectivity index (χ4v) is 13.6. The van der Waals surface area contributed by atoms with Gasteiger partial charge in [-0.05, 0) is 142 Å². The normalized spacial score (nSPS) is 11.2. The lowest BCUT2D eigenvalue weighted by atomic mass is 9.95. The maximum Gasteiger partial charge on any atom is 0.166 e. The molecule has 0 fully saturated rings. The summed E-state index contributed by atoms with van der Waals surface area (Å²) in [6.45, 7) is 0. The lowest BCUT2D eigenvalue weighted by molar-refractivity contribution is 1.06. The number of aromatic nitrogens is 8. The van der Waals surface area contributed by atoms with E-state index in [-0.39, 0.29) is 0 Å². The monoisotopic (exact) mass is 1270 g/mol. The van der Waals surface area contributed by atoms with Crippen molar-refractivity contribution in [3.63, 3.8) is 0 Å². The lowest BCUT2D eigenvalue weighted by Crippen LogP contribution is -2.04. The van der Waals surface area contributed by atoms with E-state index in [9.17, 15) is 21.0 Å². The topological polar surface area (TPSA) is 182 Å². The van der Waals surface area contributed by atoms with Crippen LogP contribution in [0.1, 0.15) is 22.3 Å². The highest BCUT2D eigenvalue weighted by Crippen LogP contribution is 2.43. The van der Waals surface area contributed by atoms with Crippen molar-refractivity contribution in [3.8, 4) is 148 Å². The zero-order chi connectivity index (χ0) is 67.2. The SMILES string of the molecule is N#Cc1ccc(-c2ccc3c(c2)c2ccccc2n3-c2cc(-c3cccc(-c4ccc(-n5c6ccccc6c6cc(-c7ccc(C#N)cc7C#N)ccc65)c(-c5nc(-c6ccccc6)nc(-c6ccccc6)n5)c4)c3)cc(-c3nc(-c4ccccc4)nc(-c4ccccc4)n3)c2)c(C#N)c1. The van der Waals surface area contributed by atoms with Gasteiger partial charge in [0.25, 0.3) is 0 Å². The van der Waals surface area contributed by atoms with E-state index in [0.717, 1.165) is 133 Å². The summed E-state index contributed by atoms with van der Waals surface area (Å²) in [5.41, 5.74) is 18.9. The Kier molecular flexibility index (Phi) is 14.8. The summed E-state index contributed by atoms with van der Waals surface area (Å²) in [7, 11) is 0. The average molecular weight is 1280 g/mol. The number of benzene rings is 13. The summed E-state index contributed by atoms with van der Waals surface area (Å²) < 4.78 is 4.56. The molecule has 0 unspecified atom stereocenters. The van der Waals surface area contributed by atoms with Gasteiger partial charge in [0.15, 0.2) is 34.9 Å². The molecule has 17 aromatic rings. The molecule has 17 rings (SSSR count). The van der Waals surface area contributed by atoms with Crippen molar-refractivity contribution in [2.75, 3.05) is 0 Å². The van der Waals surface area contributed by atoms with Crippen molar-refractivity contribution in [2.24, 2.45) is 0 Å². The van der Waals surface area contributed by atoms with E-state index in [1.54, 1.807) is 24.3 Å². The van der Waals surface area contributed by atoms with Crippen LogP contribution >= 0.6 is 0 Å². The van der Waals surface area contributed by atoms with Crippen molar-refractivity contribution in [2.45, 2.75) is 0 Å². The summed E-state index contributed by atoms with van der Waals surface area (Å²) in [6.07, 6.45) is 0. The Balaban J connectivity index is 0.880. The molecule has 462 valence electrons. The van der Waals surface area contributed by atoms with Gasteiger partial charge in [-0.25, -0.2) is 29.9 Å². The molecule has 12 heteroatoms. The maximum absolute atomic E-state index is 10.3. The molecule has 0 radical (unpaired) electrons. The third-order valence-electron chi connectivity index (χ3n) is 18.3. The smallest absolute Gasteiger partial charge is 0.166 e. The number of nitriles is 4. The van der Waals surface area contributed by atoms with Crippen molar-refractivity contribution in [3.05, 3.63) is 326 Å².